The Hall–Kier alpha value is -2.28. The van der Waals surface area contributed by atoms with Gasteiger partial charge in [-0.15, -0.1) is 0 Å². The molecule has 31 heavy (non-hydrogen) atoms. The van der Waals surface area contributed by atoms with Gasteiger partial charge in [-0.1, -0.05) is 35.3 Å². The summed E-state index contributed by atoms with van der Waals surface area (Å²) in [6, 6.07) is 13.1. The molecule has 1 aliphatic rings. The molecule has 0 aliphatic carbocycles. The van der Waals surface area contributed by atoms with Crippen LogP contribution in [0.5, 0.6) is 5.75 Å². The molecular weight excluding hydrogens is 437 g/mol. The summed E-state index contributed by atoms with van der Waals surface area (Å²) in [4.78, 5) is 27.2. The Labute approximate surface area is 192 Å². The van der Waals surface area contributed by atoms with Gasteiger partial charge in [0.05, 0.1) is 19.2 Å². The summed E-state index contributed by atoms with van der Waals surface area (Å²) in [5.74, 6) is -0.206. The van der Waals surface area contributed by atoms with E-state index in [4.69, 9.17) is 27.9 Å². The van der Waals surface area contributed by atoms with E-state index in [-0.39, 0.29) is 18.5 Å². The van der Waals surface area contributed by atoms with Crippen molar-refractivity contribution in [3.8, 4) is 5.75 Å². The fourth-order valence-corrected chi connectivity index (χ4v) is 4.10. The smallest absolute Gasteiger partial charge is 0.255 e. The third kappa shape index (κ3) is 6.60. The van der Waals surface area contributed by atoms with Gasteiger partial charge in [0.25, 0.3) is 5.91 Å². The summed E-state index contributed by atoms with van der Waals surface area (Å²) in [6.07, 6.45) is 1.72. The molecule has 2 aromatic rings. The van der Waals surface area contributed by atoms with Gasteiger partial charge in [0.15, 0.2) is 0 Å². The van der Waals surface area contributed by atoms with Crippen LogP contribution in [-0.4, -0.2) is 49.0 Å². The number of halogens is 2. The number of amides is 2. The van der Waals surface area contributed by atoms with E-state index in [9.17, 15) is 9.59 Å². The highest BCUT2D eigenvalue weighted by Crippen LogP contribution is 2.23. The summed E-state index contributed by atoms with van der Waals surface area (Å²) < 4.78 is 5.19. The van der Waals surface area contributed by atoms with Crippen LogP contribution >= 0.6 is 23.2 Å². The van der Waals surface area contributed by atoms with Crippen LogP contribution < -0.4 is 15.4 Å². The van der Waals surface area contributed by atoms with E-state index in [1.54, 1.807) is 12.1 Å². The Morgan fingerprint density at radius 3 is 2.52 bits per heavy atom. The fourth-order valence-electron chi connectivity index (χ4n) is 3.80. The maximum Gasteiger partial charge on any atom is 0.255 e. The van der Waals surface area contributed by atoms with Crippen LogP contribution in [0.2, 0.25) is 10.0 Å². The predicted molar refractivity (Wildman–Crippen MR) is 123 cm³/mol. The molecule has 8 heteroatoms. The molecule has 2 amide bonds. The molecule has 1 saturated heterocycles. The first-order chi connectivity index (χ1) is 14.9. The number of nitrogens with zero attached hydrogens (tertiary/aromatic N) is 1. The predicted octanol–water partition coefficient (Wildman–Crippen LogP) is 3.90. The van der Waals surface area contributed by atoms with E-state index in [2.05, 4.69) is 22.5 Å². The zero-order chi connectivity index (χ0) is 22.4. The monoisotopic (exact) mass is 463 g/mol. The Kier molecular flexibility index (Phi) is 8.18. The van der Waals surface area contributed by atoms with Crippen LogP contribution in [0.15, 0.2) is 42.5 Å². The van der Waals surface area contributed by atoms with E-state index in [1.807, 2.05) is 24.3 Å². The molecule has 1 heterocycles. The quantitative estimate of drug-likeness (QED) is 0.652. The highest BCUT2D eigenvalue weighted by molar-refractivity contribution is 6.31. The van der Waals surface area contributed by atoms with Crippen molar-refractivity contribution in [3.63, 3.8) is 0 Å². The summed E-state index contributed by atoms with van der Waals surface area (Å²) in [5.41, 5.74) is 1.52. The molecule has 166 valence electrons. The normalized spacial score (nSPS) is 19.0. The minimum absolute atomic E-state index is 0.0848. The number of rotatable bonds is 7. The van der Waals surface area contributed by atoms with Crippen LogP contribution in [0.1, 0.15) is 35.7 Å². The third-order valence-corrected chi connectivity index (χ3v) is 5.98. The Balaban J connectivity index is 1.45. The number of likely N-dealkylation sites (tertiary alicyclic amines) is 1. The highest BCUT2D eigenvalue weighted by atomic mass is 35.5. The van der Waals surface area contributed by atoms with Gasteiger partial charge in [-0.3, -0.25) is 14.5 Å². The topological polar surface area (TPSA) is 70.7 Å². The SMILES string of the molecule is COc1ccc(Cl)cc1C(=O)NCC(=O)N[C@H]1CCN(Cc2ccc(Cl)cc2)[C@@H](C)C1. The van der Waals surface area contributed by atoms with Crippen LogP contribution in [0.3, 0.4) is 0 Å². The van der Waals surface area contributed by atoms with Gasteiger partial charge in [0.2, 0.25) is 5.91 Å². The summed E-state index contributed by atoms with van der Waals surface area (Å²) in [7, 11) is 1.48. The van der Waals surface area contributed by atoms with Gasteiger partial charge in [0, 0.05) is 35.2 Å². The van der Waals surface area contributed by atoms with Crippen molar-refractivity contribution >= 4 is 35.0 Å². The number of piperidine rings is 1. The van der Waals surface area contributed by atoms with Crippen molar-refractivity contribution < 1.29 is 14.3 Å². The van der Waals surface area contributed by atoms with Crippen LogP contribution in [0, 0.1) is 0 Å². The van der Waals surface area contributed by atoms with Crippen molar-refractivity contribution in [2.45, 2.75) is 38.4 Å². The molecule has 0 saturated carbocycles. The number of hydrogen-bond acceptors (Lipinski definition) is 4. The van der Waals surface area contributed by atoms with Gasteiger partial charge in [-0.05, 0) is 55.7 Å². The summed E-state index contributed by atoms with van der Waals surface area (Å²) in [5, 5.41) is 6.83. The molecule has 1 fully saturated rings. The number of nitrogens with one attached hydrogen (secondary N) is 2. The van der Waals surface area contributed by atoms with E-state index in [0.29, 0.717) is 22.4 Å². The minimum Gasteiger partial charge on any atom is -0.496 e. The third-order valence-electron chi connectivity index (χ3n) is 5.49. The van der Waals surface area contributed by atoms with Crippen LogP contribution in [0.25, 0.3) is 0 Å². The van der Waals surface area contributed by atoms with Gasteiger partial charge in [-0.25, -0.2) is 0 Å². The number of carbonyl (C=O) groups is 2. The molecule has 0 radical (unpaired) electrons. The Morgan fingerprint density at radius 2 is 1.84 bits per heavy atom. The van der Waals surface area contributed by atoms with Gasteiger partial charge in [0.1, 0.15) is 5.75 Å². The Bertz CT molecular complexity index is 921. The second-order valence-corrected chi connectivity index (χ2v) is 8.63. The lowest BCUT2D eigenvalue weighted by Gasteiger charge is -2.38. The van der Waals surface area contributed by atoms with E-state index in [0.717, 1.165) is 31.0 Å². The first-order valence-corrected chi connectivity index (χ1v) is 11.0. The lowest BCUT2D eigenvalue weighted by atomic mass is 9.97. The van der Waals surface area contributed by atoms with Crippen LogP contribution in [-0.2, 0) is 11.3 Å². The molecule has 6 nitrogen and oxygen atoms in total. The molecule has 3 rings (SSSR count). The molecule has 2 N–H and O–H groups in total. The second kappa shape index (κ2) is 10.8. The standard InChI is InChI=1S/C23H27Cl2N3O3/c1-15-11-19(9-10-28(15)14-16-3-5-17(24)6-4-16)27-22(29)13-26-23(30)20-12-18(25)7-8-21(20)31-2/h3-8,12,15,19H,9-11,13-14H2,1-2H3,(H,26,30)(H,27,29)/t15-,19-/m0/s1. The van der Waals surface area contributed by atoms with E-state index < -0.39 is 5.91 Å². The number of carbonyl (C=O) groups excluding carboxylic acids is 2. The van der Waals surface area contributed by atoms with Crippen molar-refractivity contribution in [2.24, 2.45) is 0 Å². The van der Waals surface area contributed by atoms with Gasteiger partial charge < -0.3 is 15.4 Å². The second-order valence-electron chi connectivity index (χ2n) is 7.76. The molecule has 2 aromatic carbocycles. The summed E-state index contributed by atoms with van der Waals surface area (Å²) >= 11 is 11.9. The first-order valence-electron chi connectivity index (χ1n) is 10.3. The lowest BCUT2D eigenvalue weighted by molar-refractivity contribution is -0.121. The molecular formula is C23H27Cl2N3O3. The number of hydrogen-bond donors (Lipinski definition) is 2. The average molecular weight is 464 g/mol. The molecule has 0 unspecified atom stereocenters. The van der Waals surface area contributed by atoms with E-state index >= 15 is 0 Å². The van der Waals surface area contributed by atoms with Crippen molar-refractivity contribution in [1.82, 2.24) is 15.5 Å². The molecule has 2 atom stereocenters. The maximum absolute atomic E-state index is 12.4. The molecule has 0 aromatic heterocycles. The Morgan fingerprint density at radius 1 is 1.13 bits per heavy atom. The van der Waals surface area contributed by atoms with Crippen molar-refractivity contribution in [2.75, 3.05) is 20.2 Å². The fraction of sp³-hybridized carbons (Fsp3) is 0.391. The molecule has 0 spiro atoms. The largest absolute Gasteiger partial charge is 0.496 e. The molecule has 0 bridgehead atoms. The zero-order valence-corrected chi connectivity index (χ0v) is 19.2. The summed E-state index contributed by atoms with van der Waals surface area (Å²) in [6.45, 7) is 3.81. The number of methoxy groups -OCH3 is 1. The van der Waals surface area contributed by atoms with Gasteiger partial charge in [-0.2, -0.15) is 0 Å². The van der Waals surface area contributed by atoms with Gasteiger partial charge >= 0.3 is 0 Å². The highest BCUT2D eigenvalue weighted by Gasteiger charge is 2.26. The number of benzene rings is 2. The molecule has 1 aliphatic heterocycles. The van der Waals surface area contributed by atoms with Crippen LogP contribution in [0.4, 0.5) is 0 Å². The zero-order valence-electron chi connectivity index (χ0n) is 17.7. The van der Waals surface area contributed by atoms with Crippen molar-refractivity contribution in [1.29, 1.82) is 0 Å². The first kappa shape index (κ1) is 23.4. The lowest BCUT2D eigenvalue weighted by Crippen LogP contribution is -2.50. The van der Waals surface area contributed by atoms with E-state index in [1.165, 1.54) is 18.7 Å². The maximum atomic E-state index is 12.4. The van der Waals surface area contributed by atoms with Crippen molar-refractivity contribution in [3.05, 3.63) is 63.6 Å². The number of ether oxygens (including phenoxy) is 1. The minimum atomic E-state index is -0.402. The average Bonchev–Trinajstić information content (AvgIpc) is 2.75.